The molecule has 0 aromatic rings. The molecule has 0 radical (unpaired) electrons. The van der Waals surface area contributed by atoms with E-state index in [1.54, 1.807) is 0 Å². The third-order valence-corrected chi connectivity index (χ3v) is 9.68. The van der Waals surface area contributed by atoms with Gasteiger partial charge in [0.2, 0.25) is 0 Å². The number of nitrogens with zero attached hydrogens (tertiary/aromatic N) is 2. The molecule has 0 N–H and O–H groups in total. The number of unbranched alkanes of at least 4 members (excludes halogenated alkanes) is 29. The first-order valence-corrected chi connectivity index (χ1v) is 19.5. The molecule has 1 aliphatic heterocycles. The van der Waals surface area contributed by atoms with E-state index in [0.717, 1.165) is 0 Å². The minimum Gasteiger partial charge on any atom is -0.359 e. The van der Waals surface area contributed by atoms with Crippen LogP contribution in [0.1, 0.15) is 219 Å². The molecule has 0 aromatic heterocycles. The summed E-state index contributed by atoms with van der Waals surface area (Å²) < 4.78 is 0. The van der Waals surface area contributed by atoms with Crippen LogP contribution in [0.2, 0.25) is 0 Å². The lowest BCUT2D eigenvalue weighted by atomic mass is 10.0. The van der Waals surface area contributed by atoms with Gasteiger partial charge in [0.25, 0.3) is 0 Å². The monoisotopic (exact) mass is 575 g/mol. The van der Waals surface area contributed by atoms with Crippen molar-refractivity contribution in [3.05, 3.63) is 12.4 Å². The predicted octanol–water partition coefficient (Wildman–Crippen LogP) is 13.6. The van der Waals surface area contributed by atoms with Gasteiger partial charge in [0, 0.05) is 26.0 Å². The van der Waals surface area contributed by atoms with E-state index in [9.17, 15) is 0 Å². The van der Waals surface area contributed by atoms with Crippen LogP contribution in [0.4, 0.5) is 0 Å². The number of hydrogen-bond acceptors (Lipinski definition) is 2. The van der Waals surface area contributed by atoms with Gasteiger partial charge in [0.1, 0.15) is 6.17 Å². The largest absolute Gasteiger partial charge is 0.359 e. The number of rotatable bonds is 33. The normalized spacial score (nSPS) is 15.0. The lowest BCUT2D eigenvalue weighted by Crippen LogP contribution is -2.37. The van der Waals surface area contributed by atoms with E-state index in [0.29, 0.717) is 6.17 Å². The van der Waals surface area contributed by atoms with Gasteiger partial charge in [-0.1, -0.05) is 200 Å². The fraction of sp³-hybridized carbons (Fsp3) is 0.949. The molecule has 0 saturated carbocycles. The van der Waals surface area contributed by atoms with Crippen LogP contribution in [-0.4, -0.2) is 29.6 Å². The van der Waals surface area contributed by atoms with Crippen LogP contribution in [-0.2, 0) is 0 Å². The summed E-state index contributed by atoms with van der Waals surface area (Å²) in [6.07, 6.45) is 51.6. The van der Waals surface area contributed by atoms with Crippen molar-refractivity contribution in [2.45, 2.75) is 225 Å². The van der Waals surface area contributed by atoms with Crippen molar-refractivity contribution in [2.75, 3.05) is 13.6 Å². The van der Waals surface area contributed by atoms with Crippen LogP contribution in [0, 0.1) is 0 Å². The minimum atomic E-state index is 0.619. The maximum atomic E-state index is 2.63. The Morgan fingerprint density at radius 1 is 0.366 bits per heavy atom. The zero-order valence-corrected chi connectivity index (χ0v) is 29.0. The highest BCUT2D eigenvalue weighted by Crippen LogP contribution is 2.22. The second kappa shape index (κ2) is 30.8. The van der Waals surface area contributed by atoms with Crippen molar-refractivity contribution in [2.24, 2.45) is 0 Å². The Hall–Kier alpha value is -0.660. The Kier molecular flexibility index (Phi) is 28.8. The molecule has 2 heteroatoms. The third-order valence-electron chi connectivity index (χ3n) is 9.68. The lowest BCUT2D eigenvalue weighted by molar-refractivity contribution is 0.159. The summed E-state index contributed by atoms with van der Waals surface area (Å²) in [5, 5.41) is 0. The molecular weight excluding hydrogens is 496 g/mol. The van der Waals surface area contributed by atoms with Gasteiger partial charge in [-0.15, -0.1) is 0 Å². The van der Waals surface area contributed by atoms with Gasteiger partial charge in [-0.25, -0.2) is 0 Å². The van der Waals surface area contributed by atoms with Crippen molar-refractivity contribution >= 4 is 0 Å². The Bertz CT molecular complexity index is 530. The topological polar surface area (TPSA) is 6.48 Å². The van der Waals surface area contributed by atoms with Crippen molar-refractivity contribution < 1.29 is 0 Å². The van der Waals surface area contributed by atoms with E-state index < -0.39 is 0 Å². The van der Waals surface area contributed by atoms with Gasteiger partial charge in [0.05, 0.1) is 0 Å². The first kappa shape index (κ1) is 38.4. The van der Waals surface area contributed by atoms with Gasteiger partial charge >= 0.3 is 0 Å². The average molecular weight is 575 g/mol. The molecule has 1 atom stereocenters. The molecule has 2 nitrogen and oxygen atoms in total. The lowest BCUT2D eigenvalue weighted by Gasteiger charge is -2.30. The first-order valence-electron chi connectivity index (χ1n) is 19.5. The molecule has 0 amide bonds. The van der Waals surface area contributed by atoms with Gasteiger partial charge in [-0.2, -0.15) is 0 Å². The summed E-state index contributed by atoms with van der Waals surface area (Å²) in [6.45, 7) is 5.87. The number of hydrogen-bond donors (Lipinski definition) is 0. The van der Waals surface area contributed by atoms with Crippen molar-refractivity contribution in [3.63, 3.8) is 0 Å². The molecular formula is C39H78N2. The molecule has 1 aliphatic rings. The maximum Gasteiger partial charge on any atom is 0.100 e. The van der Waals surface area contributed by atoms with Gasteiger partial charge in [0.15, 0.2) is 0 Å². The van der Waals surface area contributed by atoms with E-state index in [1.165, 1.54) is 212 Å². The average Bonchev–Trinajstić information content (AvgIpc) is 3.33. The molecule has 244 valence electrons. The van der Waals surface area contributed by atoms with E-state index in [-0.39, 0.29) is 0 Å². The van der Waals surface area contributed by atoms with Crippen molar-refractivity contribution in [1.29, 1.82) is 0 Å². The summed E-state index contributed by atoms with van der Waals surface area (Å²) in [4.78, 5) is 5.09. The SMILES string of the molecule is CCCCCCCCCCCCCCCCCCC1N(C)C=CN1CCCCCCCCCCCCCCCCC. The highest BCUT2D eigenvalue weighted by molar-refractivity contribution is 4.95. The fourth-order valence-corrected chi connectivity index (χ4v) is 6.76. The molecule has 0 bridgehead atoms. The van der Waals surface area contributed by atoms with Crippen LogP contribution in [0.15, 0.2) is 12.4 Å². The second-order valence-electron chi connectivity index (χ2n) is 13.7. The summed E-state index contributed by atoms with van der Waals surface area (Å²) >= 11 is 0. The molecule has 1 rings (SSSR count). The van der Waals surface area contributed by atoms with Crippen LogP contribution >= 0.6 is 0 Å². The van der Waals surface area contributed by atoms with Crippen LogP contribution in [0.5, 0.6) is 0 Å². The molecule has 0 spiro atoms. The van der Waals surface area contributed by atoms with Crippen molar-refractivity contribution in [3.8, 4) is 0 Å². The van der Waals surface area contributed by atoms with E-state index >= 15 is 0 Å². The highest BCUT2D eigenvalue weighted by Gasteiger charge is 2.22. The highest BCUT2D eigenvalue weighted by atomic mass is 15.4. The van der Waals surface area contributed by atoms with E-state index in [4.69, 9.17) is 0 Å². The van der Waals surface area contributed by atoms with Crippen LogP contribution in [0.3, 0.4) is 0 Å². The summed E-state index contributed by atoms with van der Waals surface area (Å²) in [6, 6.07) is 0. The zero-order valence-electron chi connectivity index (χ0n) is 29.0. The quantitative estimate of drug-likeness (QED) is 0.0719. The Balaban J connectivity index is 1.85. The van der Waals surface area contributed by atoms with Gasteiger partial charge < -0.3 is 9.80 Å². The smallest absolute Gasteiger partial charge is 0.100 e. The molecule has 0 fully saturated rings. The molecule has 1 unspecified atom stereocenters. The van der Waals surface area contributed by atoms with Crippen LogP contribution in [0.25, 0.3) is 0 Å². The van der Waals surface area contributed by atoms with Crippen molar-refractivity contribution in [1.82, 2.24) is 9.80 Å². The Morgan fingerprint density at radius 3 is 1.00 bits per heavy atom. The fourth-order valence-electron chi connectivity index (χ4n) is 6.76. The Labute approximate surface area is 260 Å². The first-order chi connectivity index (χ1) is 20.3. The minimum absolute atomic E-state index is 0.619. The zero-order chi connectivity index (χ0) is 29.5. The Morgan fingerprint density at radius 2 is 0.659 bits per heavy atom. The standard InChI is InChI=1S/C39H78N2/c1-4-6-8-10-12-14-16-18-20-21-23-25-27-29-31-33-35-39-40(3)37-38-41(39)36-34-32-30-28-26-24-22-19-17-15-13-11-9-7-5-2/h37-39H,4-36H2,1-3H3. The van der Waals surface area contributed by atoms with Crippen LogP contribution < -0.4 is 0 Å². The summed E-state index contributed by atoms with van der Waals surface area (Å²) in [7, 11) is 2.28. The summed E-state index contributed by atoms with van der Waals surface area (Å²) in [5.74, 6) is 0. The third kappa shape index (κ3) is 24.5. The van der Waals surface area contributed by atoms with E-state index in [2.05, 4.69) is 43.1 Å². The van der Waals surface area contributed by atoms with Gasteiger partial charge in [-0.05, 0) is 19.3 Å². The van der Waals surface area contributed by atoms with E-state index in [1.807, 2.05) is 0 Å². The molecule has 0 aromatic carbocycles. The molecule has 0 aliphatic carbocycles. The van der Waals surface area contributed by atoms with Gasteiger partial charge in [-0.3, -0.25) is 0 Å². The molecule has 0 saturated heterocycles. The molecule has 41 heavy (non-hydrogen) atoms. The second-order valence-corrected chi connectivity index (χ2v) is 13.7. The molecule has 1 heterocycles. The predicted molar refractivity (Wildman–Crippen MR) is 186 cm³/mol. The maximum absolute atomic E-state index is 2.63. The summed E-state index contributed by atoms with van der Waals surface area (Å²) in [5.41, 5.74) is 0.